The van der Waals surface area contributed by atoms with E-state index in [1.54, 1.807) is 6.92 Å². The van der Waals surface area contributed by atoms with Crippen molar-refractivity contribution in [3.05, 3.63) is 22.2 Å². The molecule has 2 rings (SSSR count). The van der Waals surface area contributed by atoms with Crippen molar-refractivity contribution in [2.75, 3.05) is 31.2 Å². The van der Waals surface area contributed by atoms with Crippen LogP contribution in [0.2, 0.25) is 0 Å². The van der Waals surface area contributed by atoms with Crippen molar-refractivity contribution < 1.29 is 4.74 Å². The lowest BCUT2D eigenvalue weighted by Gasteiger charge is -2.27. The Morgan fingerprint density at radius 2 is 2.21 bits per heavy atom. The number of nitrogens with one attached hydrogen (secondary N) is 1. The summed E-state index contributed by atoms with van der Waals surface area (Å²) in [6.45, 7) is 4.79. The minimum atomic E-state index is -0.0982. The van der Waals surface area contributed by atoms with E-state index in [9.17, 15) is 4.79 Å². The zero-order valence-electron chi connectivity index (χ0n) is 8.12. The van der Waals surface area contributed by atoms with E-state index in [0.29, 0.717) is 19.0 Å². The van der Waals surface area contributed by atoms with Crippen LogP contribution in [0.1, 0.15) is 5.82 Å². The van der Waals surface area contributed by atoms with Gasteiger partial charge in [0.15, 0.2) is 0 Å². The molecule has 0 spiro atoms. The van der Waals surface area contributed by atoms with Crippen molar-refractivity contribution in [2.45, 2.75) is 6.92 Å². The molecule has 5 heteroatoms. The number of hydrogen-bond donors (Lipinski definition) is 1. The molecule has 1 aromatic heterocycles. The summed E-state index contributed by atoms with van der Waals surface area (Å²) in [6.07, 6.45) is 0. The molecular formula is C9H13N3O2. The van der Waals surface area contributed by atoms with Gasteiger partial charge in [0, 0.05) is 19.2 Å². The van der Waals surface area contributed by atoms with E-state index in [2.05, 4.69) is 14.9 Å². The molecule has 0 bridgehead atoms. The van der Waals surface area contributed by atoms with Crippen LogP contribution >= 0.6 is 0 Å². The normalized spacial score (nSPS) is 17.1. The summed E-state index contributed by atoms with van der Waals surface area (Å²) >= 11 is 0. The third kappa shape index (κ3) is 1.93. The smallest absolute Gasteiger partial charge is 0.252 e. The molecular weight excluding hydrogens is 182 g/mol. The van der Waals surface area contributed by atoms with Crippen molar-refractivity contribution in [1.82, 2.24) is 9.97 Å². The summed E-state index contributed by atoms with van der Waals surface area (Å²) in [7, 11) is 0. The molecule has 0 aliphatic carbocycles. The van der Waals surface area contributed by atoms with Crippen molar-refractivity contribution in [3.63, 3.8) is 0 Å². The lowest BCUT2D eigenvalue weighted by molar-refractivity contribution is 0.122. The number of aryl methyl sites for hydroxylation is 1. The Morgan fingerprint density at radius 1 is 1.50 bits per heavy atom. The minimum absolute atomic E-state index is 0.0982. The molecule has 76 valence electrons. The number of aromatic nitrogens is 2. The lowest BCUT2D eigenvalue weighted by atomic mass is 10.4. The highest BCUT2D eigenvalue weighted by Crippen LogP contribution is 2.09. The fraction of sp³-hybridized carbons (Fsp3) is 0.556. The van der Waals surface area contributed by atoms with Crippen molar-refractivity contribution in [2.24, 2.45) is 0 Å². The van der Waals surface area contributed by atoms with Crippen molar-refractivity contribution in [1.29, 1.82) is 0 Å². The first-order valence-corrected chi connectivity index (χ1v) is 4.66. The fourth-order valence-electron chi connectivity index (χ4n) is 1.52. The summed E-state index contributed by atoms with van der Waals surface area (Å²) in [4.78, 5) is 20.2. The number of H-pyrrole nitrogens is 1. The zero-order chi connectivity index (χ0) is 9.97. The first-order chi connectivity index (χ1) is 6.75. The second-order valence-corrected chi connectivity index (χ2v) is 3.29. The van der Waals surface area contributed by atoms with Gasteiger partial charge in [0.05, 0.1) is 13.2 Å². The molecule has 1 aliphatic heterocycles. The zero-order valence-corrected chi connectivity index (χ0v) is 8.12. The van der Waals surface area contributed by atoms with Crippen LogP contribution in [0.4, 0.5) is 5.82 Å². The number of morpholine rings is 1. The van der Waals surface area contributed by atoms with Crippen LogP contribution in [0.3, 0.4) is 0 Å². The van der Waals surface area contributed by atoms with Gasteiger partial charge < -0.3 is 14.6 Å². The molecule has 0 radical (unpaired) electrons. The summed E-state index contributed by atoms with van der Waals surface area (Å²) in [6, 6.07) is 1.53. The predicted octanol–water partition coefficient (Wildman–Crippen LogP) is -0.0851. The van der Waals surface area contributed by atoms with Gasteiger partial charge in [0.2, 0.25) is 0 Å². The molecule has 0 unspecified atom stereocenters. The van der Waals surface area contributed by atoms with Crippen LogP contribution < -0.4 is 10.5 Å². The van der Waals surface area contributed by atoms with Crippen LogP contribution in [0, 0.1) is 6.92 Å². The molecule has 2 heterocycles. The first kappa shape index (κ1) is 9.21. The van der Waals surface area contributed by atoms with Gasteiger partial charge in [-0.2, -0.15) is 0 Å². The second-order valence-electron chi connectivity index (χ2n) is 3.29. The monoisotopic (exact) mass is 195 g/mol. The highest BCUT2D eigenvalue weighted by molar-refractivity contribution is 5.37. The quantitative estimate of drug-likeness (QED) is 0.680. The largest absolute Gasteiger partial charge is 0.378 e. The Hall–Kier alpha value is -1.36. The van der Waals surface area contributed by atoms with E-state index in [0.717, 1.165) is 18.9 Å². The highest BCUT2D eigenvalue weighted by atomic mass is 16.5. The van der Waals surface area contributed by atoms with Gasteiger partial charge in [0.1, 0.15) is 11.6 Å². The third-order valence-electron chi connectivity index (χ3n) is 2.18. The molecule has 14 heavy (non-hydrogen) atoms. The Balaban J connectivity index is 2.26. The first-order valence-electron chi connectivity index (χ1n) is 4.66. The fourth-order valence-corrected chi connectivity index (χ4v) is 1.52. The van der Waals surface area contributed by atoms with Gasteiger partial charge in [0.25, 0.3) is 5.56 Å². The lowest BCUT2D eigenvalue weighted by Crippen LogP contribution is -2.37. The van der Waals surface area contributed by atoms with Gasteiger partial charge in [-0.3, -0.25) is 4.79 Å². The summed E-state index contributed by atoms with van der Waals surface area (Å²) in [5.41, 5.74) is -0.0982. The average molecular weight is 195 g/mol. The molecule has 1 aliphatic rings. The Labute approximate surface area is 81.7 Å². The van der Waals surface area contributed by atoms with Crippen LogP contribution in [-0.2, 0) is 4.74 Å². The maximum Gasteiger partial charge on any atom is 0.252 e. The average Bonchev–Trinajstić information content (AvgIpc) is 2.18. The number of aromatic amines is 1. The molecule has 1 fully saturated rings. The molecule has 0 aromatic carbocycles. The number of anilines is 1. The number of hydrogen-bond acceptors (Lipinski definition) is 4. The maximum atomic E-state index is 11.2. The standard InChI is InChI=1S/C9H13N3O2/c1-7-10-8(6-9(13)11-7)12-2-4-14-5-3-12/h6H,2-5H2,1H3,(H,10,11,13). The summed E-state index contributed by atoms with van der Waals surface area (Å²) in [5, 5.41) is 0. The Morgan fingerprint density at radius 3 is 2.86 bits per heavy atom. The molecule has 0 atom stereocenters. The van der Waals surface area contributed by atoms with Gasteiger partial charge >= 0.3 is 0 Å². The van der Waals surface area contributed by atoms with E-state index in [1.165, 1.54) is 6.07 Å². The number of rotatable bonds is 1. The van der Waals surface area contributed by atoms with Crippen molar-refractivity contribution in [3.8, 4) is 0 Å². The van der Waals surface area contributed by atoms with E-state index >= 15 is 0 Å². The van der Waals surface area contributed by atoms with Crippen LogP contribution in [0.5, 0.6) is 0 Å². The van der Waals surface area contributed by atoms with Crippen LogP contribution in [0.15, 0.2) is 10.9 Å². The topological polar surface area (TPSA) is 58.2 Å². The predicted molar refractivity (Wildman–Crippen MR) is 52.6 cm³/mol. The van der Waals surface area contributed by atoms with Gasteiger partial charge in [-0.05, 0) is 6.92 Å². The summed E-state index contributed by atoms with van der Waals surface area (Å²) < 4.78 is 5.23. The van der Waals surface area contributed by atoms with Crippen molar-refractivity contribution >= 4 is 5.82 Å². The molecule has 1 saturated heterocycles. The second kappa shape index (κ2) is 3.79. The molecule has 0 amide bonds. The van der Waals surface area contributed by atoms with Crippen LogP contribution in [0.25, 0.3) is 0 Å². The van der Waals surface area contributed by atoms with Gasteiger partial charge in [-0.15, -0.1) is 0 Å². The number of ether oxygens (including phenoxy) is 1. The van der Waals surface area contributed by atoms with Gasteiger partial charge in [-0.25, -0.2) is 4.98 Å². The molecule has 1 aromatic rings. The summed E-state index contributed by atoms with van der Waals surface area (Å²) in [5.74, 6) is 1.40. The van der Waals surface area contributed by atoms with Gasteiger partial charge in [-0.1, -0.05) is 0 Å². The third-order valence-corrected chi connectivity index (χ3v) is 2.18. The van der Waals surface area contributed by atoms with E-state index in [-0.39, 0.29) is 5.56 Å². The molecule has 0 saturated carbocycles. The SMILES string of the molecule is Cc1nc(N2CCOCC2)cc(=O)[nH]1. The van der Waals surface area contributed by atoms with Crippen LogP contribution in [-0.4, -0.2) is 36.3 Å². The van der Waals surface area contributed by atoms with E-state index < -0.39 is 0 Å². The van der Waals surface area contributed by atoms with E-state index in [1.807, 2.05) is 0 Å². The Kier molecular flexibility index (Phi) is 2.49. The Bertz CT molecular complexity index is 369. The highest BCUT2D eigenvalue weighted by Gasteiger charge is 2.12. The molecule has 1 N–H and O–H groups in total. The van der Waals surface area contributed by atoms with E-state index in [4.69, 9.17) is 4.74 Å². The molecule has 5 nitrogen and oxygen atoms in total. The maximum absolute atomic E-state index is 11.2. The minimum Gasteiger partial charge on any atom is -0.378 e. The number of nitrogens with zero attached hydrogens (tertiary/aromatic N) is 2.